The minimum atomic E-state index is 0.226. The second-order valence-electron chi connectivity index (χ2n) is 5.51. The molecule has 1 N–H and O–H groups in total. The minimum absolute atomic E-state index is 0.226. The van der Waals surface area contributed by atoms with Gasteiger partial charge in [-0.25, -0.2) is 0 Å². The molecule has 0 spiro atoms. The summed E-state index contributed by atoms with van der Waals surface area (Å²) < 4.78 is 0. The Morgan fingerprint density at radius 3 is 2.71 bits per heavy atom. The number of halogens is 2. The quantitative estimate of drug-likeness (QED) is 0.863. The van der Waals surface area contributed by atoms with E-state index in [-0.39, 0.29) is 5.41 Å². The number of hydrogen-bond acceptors (Lipinski definition) is 1. The molecule has 1 aromatic rings. The molecule has 1 fully saturated rings. The van der Waals surface area contributed by atoms with E-state index >= 15 is 0 Å². The second-order valence-corrected chi connectivity index (χ2v) is 6.35. The van der Waals surface area contributed by atoms with E-state index in [0.29, 0.717) is 17.0 Å². The van der Waals surface area contributed by atoms with Gasteiger partial charge in [0.05, 0.1) is 0 Å². The van der Waals surface area contributed by atoms with Crippen LogP contribution in [0.4, 0.5) is 0 Å². The Hall–Kier alpha value is -0.240. The molecule has 94 valence electrons. The van der Waals surface area contributed by atoms with Crippen molar-refractivity contribution in [3.63, 3.8) is 0 Å². The van der Waals surface area contributed by atoms with E-state index in [1.165, 1.54) is 12.0 Å². The highest BCUT2D eigenvalue weighted by molar-refractivity contribution is 6.35. The van der Waals surface area contributed by atoms with Gasteiger partial charge in [0.15, 0.2) is 0 Å². The van der Waals surface area contributed by atoms with Gasteiger partial charge in [0.1, 0.15) is 0 Å². The van der Waals surface area contributed by atoms with Gasteiger partial charge < -0.3 is 5.32 Å². The van der Waals surface area contributed by atoms with Crippen LogP contribution < -0.4 is 5.32 Å². The summed E-state index contributed by atoms with van der Waals surface area (Å²) in [7, 11) is 0. The van der Waals surface area contributed by atoms with Crippen molar-refractivity contribution in [2.45, 2.75) is 38.6 Å². The Morgan fingerprint density at radius 2 is 2.12 bits per heavy atom. The summed E-state index contributed by atoms with van der Waals surface area (Å²) in [5, 5.41) is 5.00. The molecule has 0 aliphatic heterocycles. The average molecular weight is 272 g/mol. The predicted molar refractivity (Wildman–Crippen MR) is 75.1 cm³/mol. The third kappa shape index (κ3) is 2.78. The summed E-state index contributed by atoms with van der Waals surface area (Å²) in [5.41, 5.74) is 1.46. The molecule has 0 heterocycles. The molecule has 0 amide bonds. The maximum absolute atomic E-state index is 6.28. The molecule has 1 aromatic carbocycles. The highest BCUT2D eigenvalue weighted by Gasteiger charge is 2.51. The number of benzene rings is 1. The predicted octanol–water partition coefficient (Wildman–Crippen LogP) is 4.27. The normalized spacial score (nSPS) is 27.5. The lowest BCUT2D eigenvalue weighted by atomic mass is 9.95. The highest BCUT2D eigenvalue weighted by Crippen LogP contribution is 2.55. The van der Waals surface area contributed by atoms with Crippen molar-refractivity contribution in [2.24, 2.45) is 5.92 Å². The largest absolute Gasteiger partial charge is 0.314 e. The van der Waals surface area contributed by atoms with Crippen LogP contribution in [0.3, 0.4) is 0 Å². The molecule has 0 saturated heterocycles. The summed E-state index contributed by atoms with van der Waals surface area (Å²) in [6, 6.07) is 6.38. The van der Waals surface area contributed by atoms with Gasteiger partial charge in [-0.2, -0.15) is 0 Å². The number of rotatable bonds is 4. The zero-order valence-electron chi connectivity index (χ0n) is 10.6. The molecular weight excluding hydrogens is 253 g/mol. The van der Waals surface area contributed by atoms with Gasteiger partial charge in [-0.15, -0.1) is 0 Å². The lowest BCUT2D eigenvalue weighted by molar-refractivity contribution is 0.528. The molecule has 1 saturated carbocycles. The fraction of sp³-hybridized carbons (Fsp3) is 0.571. The molecule has 0 bridgehead atoms. The van der Waals surface area contributed by atoms with Crippen LogP contribution in [0.2, 0.25) is 10.0 Å². The first-order valence-corrected chi connectivity index (χ1v) is 6.88. The van der Waals surface area contributed by atoms with Gasteiger partial charge in [-0.3, -0.25) is 0 Å². The first kappa shape index (κ1) is 13.2. The fourth-order valence-corrected chi connectivity index (χ4v) is 3.04. The number of nitrogens with one attached hydrogen (secondary N) is 1. The van der Waals surface area contributed by atoms with Crippen LogP contribution in [0.25, 0.3) is 0 Å². The summed E-state index contributed by atoms with van der Waals surface area (Å²) in [5.74, 6) is 0.684. The first-order chi connectivity index (χ1) is 7.93. The van der Waals surface area contributed by atoms with Crippen LogP contribution in [0, 0.1) is 5.92 Å². The summed E-state index contributed by atoms with van der Waals surface area (Å²) in [6.07, 6.45) is 1.20. The van der Waals surface area contributed by atoms with E-state index in [1.807, 2.05) is 12.1 Å². The lowest BCUT2D eigenvalue weighted by Gasteiger charge is -2.15. The molecule has 0 aromatic heterocycles. The maximum atomic E-state index is 6.28. The van der Waals surface area contributed by atoms with Crippen LogP contribution >= 0.6 is 23.2 Å². The molecule has 3 heteroatoms. The Kier molecular flexibility index (Phi) is 3.72. The van der Waals surface area contributed by atoms with Crippen molar-refractivity contribution in [3.05, 3.63) is 33.8 Å². The highest BCUT2D eigenvalue weighted by atomic mass is 35.5. The van der Waals surface area contributed by atoms with E-state index in [0.717, 1.165) is 11.6 Å². The van der Waals surface area contributed by atoms with Gasteiger partial charge >= 0.3 is 0 Å². The van der Waals surface area contributed by atoms with E-state index in [2.05, 4.69) is 32.2 Å². The SMILES string of the molecule is CC(C)NCC1CC1(C)c1ccc(Cl)cc1Cl. The monoisotopic (exact) mass is 271 g/mol. The summed E-state index contributed by atoms with van der Waals surface area (Å²) in [6.45, 7) is 7.70. The van der Waals surface area contributed by atoms with Crippen molar-refractivity contribution in [1.29, 1.82) is 0 Å². The zero-order chi connectivity index (χ0) is 12.6. The molecule has 17 heavy (non-hydrogen) atoms. The zero-order valence-corrected chi connectivity index (χ0v) is 12.1. The van der Waals surface area contributed by atoms with Crippen LogP contribution in [-0.4, -0.2) is 12.6 Å². The molecule has 2 unspecified atom stereocenters. The van der Waals surface area contributed by atoms with E-state index in [1.54, 1.807) is 0 Å². The van der Waals surface area contributed by atoms with E-state index in [4.69, 9.17) is 23.2 Å². The minimum Gasteiger partial charge on any atom is -0.314 e. The third-order valence-corrected chi connectivity index (χ3v) is 4.28. The molecule has 2 atom stereocenters. The van der Waals surface area contributed by atoms with Crippen LogP contribution in [-0.2, 0) is 5.41 Å². The van der Waals surface area contributed by atoms with Crippen molar-refractivity contribution >= 4 is 23.2 Å². The van der Waals surface area contributed by atoms with Crippen LogP contribution in [0.15, 0.2) is 18.2 Å². The van der Waals surface area contributed by atoms with Gasteiger partial charge in [-0.05, 0) is 42.0 Å². The second kappa shape index (κ2) is 4.79. The van der Waals surface area contributed by atoms with E-state index < -0.39 is 0 Å². The van der Waals surface area contributed by atoms with Crippen molar-refractivity contribution < 1.29 is 0 Å². The van der Waals surface area contributed by atoms with Gasteiger partial charge in [0.2, 0.25) is 0 Å². The van der Waals surface area contributed by atoms with Crippen LogP contribution in [0.1, 0.15) is 32.8 Å². The van der Waals surface area contributed by atoms with Crippen molar-refractivity contribution in [3.8, 4) is 0 Å². The molecule has 1 aliphatic carbocycles. The Labute approximate surface area is 114 Å². The topological polar surface area (TPSA) is 12.0 Å². The molecular formula is C14H19Cl2N. The Bertz CT molecular complexity index is 417. The molecule has 1 aliphatic rings. The van der Waals surface area contributed by atoms with Crippen LogP contribution in [0.5, 0.6) is 0 Å². The molecule has 1 nitrogen and oxygen atoms in total. The van der Waals surface area contributed by atoms with Crippen molar-refractivity contribution in [1.82, 2.24) is 5.32 Å². The average Bonchev–Trinajstić information content (AvgIpc) is 2.87. The third-order valence-electron chi connectivity index (χ3n) is 3.73. The first-order valence-electron chi connectivity index (χ1n) is 6.12. The standard InChI is InChI=1S/C14H19Cl2N/c1-9(2)17-8-10-7-14(10,3)12-5-4-11(15)6-13(12)16/h4-6,9-10,17H,7-8H2,1-3H3. The summed E-state index contributed by atoms with van der Waals surface area (Å²) in [4.78, 5) is 0. The Morgan fingerprint density at radius 1 is 1.41 bits per heavy atom. The van der Waals surface area contributed by atoms with Gasteiger partial charge in [-0.1, -0.05) is 50.0 Å². The Balaban J connectivity index is 2.08. The van der Waals surface area contributed by atoms with E-state index in [9.17, 15) is 0 Å². The van der Waals surface area contributed by atoms with Crippen molar-refractivity contribution in [2.75, 3.05) is 6.54 Å². The lowest BCUT2D eigenvalue weighted by Crippen LogP contribution is -2.26. The maximum Gasteiger partial charge on any atom is 0.0458 e. The smallest absolute Gasteiger partial charge is 0.0458 e. The molecule has 0 radical (unpaired) electrons. The van der Waals surface area contributed by atoms with Gasteiger partial charge in [0, 0.05) is 16.1 Å². The number of hydrogen-bond donors (Lipinski definition) is 1. The summed E-state index contributed by atoms with van der Waals surface area (Å²) >= 11 is 12.2. The van der Waals surface area contributed by atoms with Gasteiger partial charge in [0.25, 0.3) is 0 Å². The molecule has 2 rings (SSSR count). The fourth-order valence-electron chi connectivity index (χ4n) is 2.41.